The zero-order valence-electron chi connectivity index (χ0n) is 16.1. The van der Waals surface area contributed by atoms with Gasteiger partial charge in [0.25, 0.3) is 0 Å². The SMILES string of the molecule is CC.CC.Cc1ccc2cc3c4ccc(C)cc4n(C)c3cc2c1. The molecule has 0 radical (unpaired) electrons. The van der Waals surface area contributed by atoms with Crippen molar-refractivity contribution in [2.75, 3.05) is 0 Å². The summed E-state index contributed by atoms with van der Waals surface area (Å²) >= 11 is 0. The van der Waals surface area contributed by atoms with Gasteiger partial charge in [-0.25, -0.2) is 0 Å². The minimum atomic E-state index is 1.31. The highest BCUT2D eigenvalue weighted by molar-refractivity contribution is 6.12. The Morgan fingerprint density at radius 2 is 1.17 bits per heavy atom. The first kappa shape index (κ1) is 18.1. The van der Waals surface area contributed by atoms with Crippen LogP contribution in [0.5, 0.6) is 0 Å². The molecule has 4 rings (SSSR count). The lowest BCUT2D eigenvalue weighted by Crippen LogP contribution is -1.87. The van der Waals surface area contributed by atoms with E-state index in [9.17, 15) is 0 Å². The quantitative estimate of drug-likeness (QED) is 0.324. The maximum Gasteiger partial charge on any atom is 0.0495 e. The molecular formula is C23H29N. The van der Waals surface area contributed by atoms with Crippen LogP contribution in [0.3, 0.4) is 0 Å². The van der Waals surface area contributed by atoms with Gasteiger partial charge in [-0.2, -0.15) is 0 Å². The van der Waals surface area contributed by atoms with Crippen LogP contribution in [0, 0.1) is 13.8 Å². The van der Waals surface area contributed by atoms with E-state index in [1.807, 2.05) is 27.7 Å². The van der Waals surface area contributed by atoms with Crippen molar-refractivity contribution in [2.45, 2.75) is 41.5 Å². The zero-order chi connectivity index (χ0) is 17.9. The largest absolute Gasteiger partial charge is 0.344 e. The predicted octanol–water partition coefficient (Wildman–Crippen LogP) is 7.15. The highest BCUT2D eigenvalue weighted by Gasteiger charge is 2.09. The van der Waals surface area contributed by atoms with Crippen molar-refractivity contribution >= 4 is 32.6 Å². The lowest BCUT2D eigenvalue weighted by molar-refractivity contribution is 1.01. The van der Waals surface area contributed by atoms with E-state index in [0.29, 0.717) is 0 Å². The van der Waals surface area contributed by atoms with E-state index in [4.69, 9.17) is 0 Å². The first-order chi connectivity index (χ1) is 11.6. The second-order valence-electron chi connectivity index (χ2n) is 5.80. The molecule has 0 N–H and O–H groups in total. The Hall–Kier alpha value is -2.28. The molecule has 24 heavy (non-hydrogen) atoms. The third kappa shape index (κ3) is 3.03. The van der Waals surface area contributed by atoms with Gasteiger partial charge in [-0.1, -0.05) is 63.6 Å². The summed E-state index contributed by atoms with van der Waals surface area (Å²) in [5.41, 5.74) is 5.24. The van der Waals surface area contributed by atoms with Crippen LogP contribution < -0.4 is 0 Å². The molecule has 1 nitrogen and oxygen atoms in total. The summed E-state index contributed by atoms with van der Waals surface area (Å²) in [5.74, 6) is 0. The number of nitrogens with zero attached hydrogens (tertiary/aromatic N) is 1. The maximum absolute atomic E-state index is 2.32. The van der Waals surface area contributed by atoms with E-state index in [1.165, 1.54) is 43.7 Å². The molecule has 4 aromatic rings. The van der Waals surface area contributed by atoms with Gasteiger partial charge in [-0.05, 0) is 48.4 Å². The van der Waals surface area contributed by atoms with Gasteiger partial charge in [0.2, 0.25) is 0 Å². The second kappa shape index (κ2) is 7.53. The molecule has 0 aliphatic heterocycles. The Balaban J connectivity index is 0.000000487. The number of fused-ring (bicyclic) bond motifs is 4. The summed E-state index contributed by atoms with van der Waals surface area (Å²) in [6.45, 7) is 12.3. The number of rotatable bonds is 0. The Kier molecular flexibility index (Phi) is 5.66. The summed E-state index contributed by atoms with van der Waals surface area (Å²) in [7, 11) is 2.16. The van der Waals surface area contributed by atoms with Crippen LogP contribution in [0.15, 0.2) is 48.5 Å². The van der Waals surface area contributed by atoms with Crippen LogP contribution in [-0.2, 0) is 7.05 Å². The molecule has 0 unspecified atom stereocenters. The van der Waals surface area contributed by atoms with Crippen molar-refractivity contribution in [3.05, 3.63) is 59.7 Å². The Bertz CT molecular complexity index is 974. The van der Waals surface area contributed by atoms with Gasteiger partial charge >= 0.3 is 0 Å². The van der Waals surface area contributed by atoms with Gasteiger partial charge in [0.1, 0.15) is 0 Å². The average molecular weight is 319 g/mol. The third-order valence-corrected chi connectivity index (χ3v) is 4.28. The van der Waals surface area contributed by atoms with Crippen molar-refractivity contribution in [3.8, 4) is 0 Å². The number of hydrogen-bond donors (Lipinski definition) is 0. The van der Waals surface area contributed by atoms with Crippen molar-refractivity contribution in [3.63, 3.8) is 0 Å². The van der Waals surface area contributed by atoms with Crippen LogP contribution in [0.4, 0.5) is 0 Å². The first-order valence-corrected chi connectivity index (χ1v) is 9.03. The smallest absolute Gasteiger partial charge is 0.0495 e. The molecule has 0 aliphatic carbocycles. The fraction of sp³-hybridized carbons (Fsp3) is 0.304. The van der Waals surface area contributed by atoms with Gasteiger partial charge in [-0.3, -0.25) is 0 Å². The van der Waals surface area contributed by atoms with Crippen LogP contribution >= 0.6 is 0 Å². The fourth-order valence-electron chi connectivity index (χ4n) is 3.18. The lowest BCUT2D eigenvalue weighted by atomic mass is 10.0. The van der Waals surface area contributed by atoms with E-state index in [1.54, 1.807) is 0 Å². The van der Waals surface area contributed by atoms with Crippen LogP contribution in [0.2, 0.25) is 0 Å². The normalized spacial score (nSPS) is 10.3. The standard InChI is InChI=1S/C19H17N.2C2H6/c1-12-4-6-14-10-17-16-7-5-13(2)9-18(16)20(3)19(17)11-15(14)8-12;2*1-2/h4-11H,1-3H3;2*1-2H3. The summed E-state index contributed by atoms with van der Waals surface area (Å²) < 4.78 is 2.30. The van der Waals surface area contributed by atoms with Crippen molar-refractivity contribution in [1.29, 1.82) is 0 Å². The van der Waals surface area contributed by atoms with Crippen LogP contribution in [-0.4, -0.2) is 4.57 Å². The number of benzene rings is 3. The van der Waals surface area contributed by atoms with Crippen molar-refractivity contribution in [2.24, 2.45) is 7.05 Å². The minimum absolute atomic E-state index is 1.31. The summed E-state index contributed by atoms with van der Waals surface area (Å²) in [6.07, 6.45) is 0. The van der Waals surface area contributed by atoms with Crippen LogP contribution in [0.1, 0.15) is 38.8 Å². The zero-order valence-corrected chi connectivity index (χ0v) is 16.1. The van der Waals surface area contributed by atoms with E-state index in [-0.39, 0.29) is 0 Å². The van der Waals surface area contributed by atoms with Crippen molar-refractivity contribution in [1.82, 2.24) is 4.57 Å². The van der Waals surface area contributed by atoms with Gasteiger partial charge in [0.05, 0.1) is 0 Å². The number of aromatic nitrogens is 1. The first-order valence-electron chi connectivity index (χ1n) is 9.03. The minimum Gasteiger partial charge on any atom is -0.344 e. The van der Waals surface area contributed by atoms with E-state index < -0.39 is 0 Å². The molecule has 0 amide bonds. The number of hydrogen-bond acceptors (Lipinski definition) is 0. The molecule has 1 heterocycles. The van der Waals surface area contributed by atoms with Gasteiger partial charge in [0.15, 0.2) is 0 Å². The topological polar surface area (TPSA) is 4.93 Å². The molecule has 0 spiro atoms. The molecule has 1 aromatic heterocycles. The molecule has 1 heteroatoms. The Morgan fingerprint density at radius 1 is 0.583 bits per heavy atom. The van der Waals surface area contributed by atoms with E-state index in [2.05, 4.69) is 74.0 Å². The molecule has 0 bridgehead atoms. The monoisotopic (exact) mass is 319 g/mol. The molecular weight excluding hydrogens is 290 g/mol. The third-order valence-electron chi connectivity index (χ3n) is 4.28. The molecule has 0 saturated heterocycles. The van der Waals surface area contributed by atoms with Crippen LogP contribution in [0.25, 0.3) is 32.6 Å². The average Bonchev–Trinajstić information content (AvgIpc) is 2.88. The highest BCUT2D eigenvalue weighted by Crippen LogP contribution is 2.32. The van der Waals surface area contributed by atoms with Gasteiger partial charge in [0, 0.05) is 28.9 Å². The fourth-order valence-corrected chi connectivity index (χ4v) is 3.18. The van der Waals surface area contributed by atoms with Gasteiger partial charge < -0.3 is 4.57 Å². The van der Waals surface area contributed by atoms with E-state index in [0.717, 1.165) is 0 Å². The molecule has 0 atom stereocenters. The summed E-state index contributed by atoms with van der Waals surface area (Å²) in [4.78, 5) is 0. The second-order valence-corrected chi connectivity index (χ2v) is 5.80. The lowest BCUT2D eigenvalue weighted by Gasteiger charge is -2.02. The highest BCUT2D eigenvalue weighted by atomic mass is 14.9. The molecule has 3 aromatic carbocycles. The summed E-state index contributed by atoms with van der Waals surface area (Å²) in [6, 6.07) is 18.0. The summed E-state index contributed by atoms with van der Waals surface area (Å²) in [5, 5.41) is 5.32. The maximum atomic E-state index is 2.32. The molecule has 0 aliphatic rings. The molecule has 0 fully saturated rings. The van der Waals surface area contributed by atoms with E-state index >= 15 is 0 Å². The Morgan fingerprint density at radius 3 is 1.88 bits per heavy atom. The number of aryl methyl sites for hydroxylation is 3. The van der Waals surface area contributed by atoms with Gasteiger partial charge in [-0.15, -0.1) is 0 Å². The Labute approximate surface area is 145 Å². The molecule has 0 saturated carbocycles. The predicted molar refractivity (Wildman–Crippen MR) is 110 cm³/mol. The molecule has 126 valence electrons. The van der Waals surface area contributed by atoms with Crippen molar-refractivity contribution < 1.29 is 0 Å².